The van der Waals surface area contributed by atoms with Crippen molar-refractivity contribution in [3.8, 4) is 17.2 Å². The summed E-state index contributed by atoms with van der Waals surface area (Å²) in [7, 11) is 0. The van der Waals surface area contributed by atoms with Gasteiger partial charge in [0, 0.05) is 12.0 Å². The van der Waals surface area contributed by atoms with Crippen molar-refractivity contribution in [2.45, 2.75) is 13.3 Å². The summed E-state index contributed by atoms with van der Waals surface area (Å²) in [5, 5.41) is 14.0. The number of furan rings is 1. The highest BCUT2D eigenvalue weighted by atomic mass is 16.5. The Kier molecular flexibility index (Phi) is 3.19. The number of para-hydroxylation sites is 1. The number of hydrogen-bond acceptors (Lipinski definition) is 7. The first kappa shape index (κ1) is 14.3. The van der Waals surface area contributed by atoms with Crippen molar-refractivity contribution >= 4 is 17.0 Å². The molecule has 24 heavy (non-hydrogen) atoms. The molecular weight excluding hydrogens is 308 g/mol. The van der Waals surface area contributed by atoms with Crippen molar-refractivity contribution in [2.75, 3.05) is 5.73 Å². The third-order valence-electron chi connectivity index (χ3n) is 3.73. The van der Waals surface area contributed by atoms with E-state index in [2.05, 4.69) is 15.1 Å². The Labute approximate surface area is 136 Å². The van der Waals surface area contributed by atoms with Gasteiger partial charge in [0.25, 0.3) is 0 Å². The summed E-state index contributed by atoms with van der Waals surface area (Å²) in [6.45, 7) is 1.84. The molecule has 4 rings (SSSR count). The van der Waals surface area contributed by atoms with Crippen LogP contribution >= 0.6 is 0 Å². The van der Waals surface area contributed by atoms with Crippen LogP contribution in [0.1, 0.15) is 17.0 Å². The molecule has 0 aliphatic rings. The van der Waals surface area contributed by atoms with Gasteiger partial charge in [0.15, 0.2) is 11.5 Å². The van der Waals surface area contributed by atoms with Crippen LogP contribution in [-0.4, -0.2) is 20.2 Å². The second kappa shape index (κ2) is 5.38. The standard InChI is InChI=1S/C17H14N4O3/c1-9-6-7-13(23-9)15-16-14(19-17(18)20-15)11(21-24-16)8-10-4-2-3-5-12(10)22/h2-7,22H,8H2,1H3,(H2,18,19,20). The molecule has 3 aromatic heterocycles. The van der Waals surface area contributed by atoms with Crippen molar-refractivity contribution < 1.29 is 14.0 Å². The minimum Gasteiger partial charge on any atom is -0.508 e. The fourth-order valence-corrected chi connectivity index (χ4v) is 2.58. The molecule has 7 nitrogen and oxygen atoms in total. The summed E-state index contributed by atoms with van der Waals surface area (Å²) in [5.41, 5.74) is 8.51. The molecule has 0 aliphatic heterocycles. The number of anilines is 1. The second-order valence-corrected chi connectivity index (χ2v) is 5.45. The molecule has 0 saturated heterocycles. The summed E-state index contributed by atoms with van der Waals surface area (Å²) in [4.78, 5) is 8.45. The predicted molar refractivity (Wildman–Crippen MR) is 87.4 cm³/mol. The number of phenolic OH excluding ortho intramolecular Hbond substituents is 1. The quantitative estimate of drug-likeness (QED) is 0.596. The lowest BCUT2D eigenvalue weighted by Crippen LogP contribution is -1.98. The van der Waals surface area contributed by atoms with E-state index in [4.69, 9.17) is 14.7 Å². The molecule has 3 heterocycles. The monoisotopic (exact) mass is 322 g/mol. The summed E-state index contributed by atoms with van der Waals surface area (Å²) >= 11 is 0. The molecule has 0 aliphatic carbocycles. The lowest BCUT2D eigenvalue weighted by atomic mass is 10.1. The van der Waals surface area contributed by atoms with Gasteiger partial charge in [-0.25, -0.2) is 9.97 Å². The van der Waals surface area contributed by atoms with Gasteiger partial charge in [-0.05, 0) is 25.1 Å². The zero-order valence-corrected chi connectivity index (χ0v) is 12.9. The number of hydrogen-bond donors (Lipinski definition) is 2. The highest BCUT2D eigenvalue weighted by Gasteiger charge is 2.20. The number of benzene rings is 1. The molecule has 0 spiro atoms. The Balaban J connectivity index is 1.85. The molecule has 1 aromatic carbocycles. The Morgan fingerprint density at radius 1 is 1.12 bits per heavy atom. The molecule has 0 amide bonds. The maximum absolute atomic E-state index is 9.94. The number of aromatic nitrogens is 3. The lowest BCUT2D eigenvalue weighted by molar-refractivity contribution is 0.444. The van der Waals surface area contributed by atoms with E-state index in [1.54, 1.807) is 18.2 Å². The second-order valence-electron chi connectivity index (χ2n) is 5.45. The average molecular weight is 322 g/mol. The summed E-state index contributed by atoms with van der Waals surface area (Å²) < 4.78 is 11.0. The Bertz CT molecular complexity index is 1040. The van der Waals surface area contributed by atoms with Crippen LogP contribution in [-0.2, 0) is 6.42 Å². The summed E-state index contributed by atoms with van der Waals surface area (Å²) in [6.07, 6.45) is 0.368. The Hall–Kier alpha value is -3.35. The third-order valence-corrected chi connectivity index (χ3v) is 3.73. The minimum atomic E-state index is 0.105. The van der Waals surface area contributed by atoms with Gasteiger partial charge in [-0.15, -0.1) is 0 Å². The van der Waals surface area contributed by atoms with Crippen molar-refractivity contribution in [1.29, 1.82) is 0 Å². The van der Waals surface area contributed by atoms with Gasteiger partial charge in [0.2, 0.25) is 11.5 Å². The molecule has 120 valence electrons. The third kappa shape index (κ3) is 2.36. The predicted octanol–water partition coefficient (Wildman–Crippen LogP) is 3.06. The van der Waals surface area contributed by atoms with E-state index in [1.807, 2.05) is 25.1 Å². The highest BCUT2D eigenvalue weighted by molar-refractivity contribution is 5.88. The molecule has 7 heteroatoms. The van der Waals surface area contributed by atoms with E-state index < -0.39 is 0 Å². The number of fused-ring (bicyclic) bond motifs is 1. The maximum atomic E-state index is 9.94. The SMILES string of the molecule is Cc1ccc(-c2nc(N)nc3c(Cc4ccccc4O)noc23)o1. The fraction of sp³-hybridized carbons (Fsp3) is 0.118. The van der Waals surface area contributed by atoms with Crippen molar-refractivity contribution in [3.63, 3.8) is 0 Å². The molecule has 0 fully saturated rings. The van der Waals surface area contributed by atoms with E-state index >= 15 is 0 Å². The number of nitrogens with two attached hydrogens (primary N) is 1. The molecule has 0 unspecified atom stereocenters. The van der Waals surface area contributed by atoms with Gasteiger partial charge in [-0.3, -0.25) is 0 Å². The molecular formula is C17H14N4O3. The first-order valence-corrected chi connectivity index (χ1v) is 7.37. The number of aromatic hydroxyl groups is 1. The summed E-state index contributed by atoms with van der Waals surface area (Å²) in [6, 6.07) is 10.7. The van der Waals surface area contributed by atoms with Gasteiger partial charge in [0.1, 0.15) is 22.7 Å². The first-order valence-electron chi connectivity index (χ1n) is 7.37. The van der Waals surface area contributed by atoms with Crippen LogP contribution in [0.3, 0.4) is 0 Å². The topological polar surface area (TPSA) is 111 Å². The largest absolute Gasteiger partial charge is 0.508 e. The van der Waals surface area contributed by atoms with Crippen LogP contribution in [0.5, 0.6) is 5.75 Å². The molecule has 0 atom stereocenters. The molecule has 0 radical (unpaired) electrons. The molecule has 0 saturated carbocycles. The van der Waals surface area contributed by atoms with Gasteiger partial charge in [0.05, 0.1) is 0 Å². The minimum absolute atomic E-state index is 0.105. The fourth-order valence-electron chi connectivity index (χ4n) is 2.58. The van der Waals surface area contributed by atoms with Crippen molar-refractivity contribution in [2.24, 2.45) is 0 Å². The van der Waals surface area contributed by atoms with Crippen LogP contribution in [0, 0.1) is 6.92 Å². The normalized spacial score (nSPS) is 11.2. The molecule has 3 N–H and O–H groups in total. The maximum Gasteiger partial charge on any atom is 0.221 e. The van der Waals surface area contributed by atoms with Crippen molar-refractivity contribution in [3.05, 3.63) is 53.4 Å². The van der Waals surface area contributed by atoms with E-state index in [0.29, 0.717) is 34.7 Å². The van der Waals surface area contributed by atoms with Crippen LogP contribution in [0.15, 0.2) is 45.3 Å². The van der Waals surface area contributed by atoms with Gasteiger partial charge < -0.3 is 19.8 Å². The summed E-state index contributed by atoms with van der Waals surface area (Å²) in [5.74, 6) is 1.59. The number of aryl methyl sites for hydroxylation is 1. The van der Waals surface area contributed by atoms with E-state index in [0.717, 1.165) is 11.3 Å². The van der Waals surface area contributed by atoms with Crippen LogP contribution in [0.4, 0.5) is 5.95 Å². The van der Waals surface area contributed by atoms with E-state index in [1.165, 1.54) is 0 Å². The number of nitrogen functional groups attached to an aromatic ring is 1. The van der Waals surface area contributed by atoms with Gasteiger partial charge >= 0.3 is 0 Å². The van der Waals surface area contributed by atoms with Gasteiger partial charge in [-0.1, -0.05) is 23.4 Å². The van der Waals surface area contributed by atoms with Crippen LogP contribution in [0.2, 0.25) is 0 Å². The molecule has 0 bridgehead atoms. The highest BCUT2D eigenvalue weighted by Crippen LogP contribution is 2.31. The van der Waals surface area contributed by atoms with Crippen LogP contribution in [0.25, 0.3) is 22.6 Å². The van der Waals surface area contributed by atoms with Crippen molar-refractivity contribution in [1.82, 2.24) is 15.1 Å². The van der Waals surface area contributed by atoms with Gasteiger partial charge in [-0.2, -0.15) is 0 Å². The van der Waals surface area contributed by atoms with E-state index in [9.17, 15) is 5.11 Å². The van der Waals surface area contributed by atoms with E-state index in [-0.39, 0.29) is 11.7 Å². The number of nitrogens with zero attached hydrogens (tertiary/aromatic N) is 3. The number of phenols is 1. The zero-order valence-electron chi connectivity index (χ0n) is 12.9. The Morgan fingerprint density at radius 3 is 2.71 bits per heavy atom. The smallest absolute Gasteiger partial charge is 0.221 e. The van der Waals surface area contributed by atoms with Crippen LogP contribution < -0.4 is 5.73 Å². The first-order chi connectivity index (χ1) is 11.6. The Morgan fingerprint density at radius 2 is 1.96 bits per heavy atom. The number of rotatable bonds is 3. The zero-order chi connectivity index (χ0) is 16.7. The molecule has 4 aromatic rings. The lowest BCUT2D eigenvalue weighted by Gasteiger charge is -2.02. The average Bonchev–Trinajstić information content (AvgIpc) is 3.16.